The fraction of sp³-hybridized carbons (Fsp3) is 0.600. The van der Waals surface area contributed by atoms with Crippen LogP contribution in [0.5, 0.6) is 0 Å². The Morgan fingerprint density at radius 1 is 1.30 bits per heavy atom. The van der Waals surface area contributed by atoms with Crippen molar-refractivity contribution in [1.29, 1.82) is 0 Å². The van der Waals surface area contributed by atoms with Crippen molar-refractivity contribution in [2.24, 2.45) is 5.41 Å². The van der Waals surface area contributed by atoms with E-state index in [1.54, 1.807) is 6.07 Å². The number of rotatable bonds is 3. The molecule has 2 heterocycles. The second kappa shape index (κ2) is 5.13. The molecule has 2 aliphatic rings. The van der Waals surface area contributed by atoms with Crippen molar-refractivity contribution < 1.29 is 13.2 Å². The van der Waals surface area contributed by atoms with Gasteiger partial charge in [-0.25, -0.2) is 8.42 Å². The predicted octanol–water partition coefficient (Wildman–Crippen LogP) is 1.57. The Morgan fingerprint density at radius 2 is 2.00 bits per heavy atom. The average Bonchev–Trinajstić information content (AvgIpc) is 2.73. The molecular weight excluding hydrogens is 274 g/mol. The summed E-state index contributed by atoms with van der Waals surface area (Å²) in [6.45, 7) is 2.28. The topological polar surface area (TPSA) is 55.4 Å². The van der Waals surface area contributed by atoms with Gasteiger partial charge in [-0.3, -0.25) is 0 Å². The van der Waals surface area contributed by atoms with Gasteiger partial charge in [0.25, 0.3) is 0 Å². The molecule has 1 aromatic carbocycles. The Kier molecular flexibility index (Phi) is 3.60. The van der Waals surface area contributed by atoms with Gasteiger partial charge in [0.05, 0.1) is 10.6 Å². The lowest BCUT2D eigenvalue weighted by Gasteiger charge is -2.42. The molecule has 0 aliphatic carbocycles. The SMILES string of the molecule is CNCC1(C2CS(=O)(=O)c3ccccc32)CCOCC1. The van der Waals surface area contributed by atoms with Crippen LogP contribution in [0.4, 0.5) is 0 Å². The molecular formula is C15H21NO3S. The van der Waals surface area contributed by atoms with E-state index in [1.165, 1.54) is 0 Å². The molecule has 0 saturated carbocycles. The number of hydrogen-bond donors (Lipinski definition) is 1. The molecule has 2 aliphatic heterocycles. The van der Waals surface area contributed by atoms with Crippen molar-refractivity contribution in [2.75, 3.05) is 32.6 Å². The van der Waals surface area contributed by atoms with Crippen LogP contribution in [0.15, 0.2) is 29.2 Å². The van der Waals surface area contributed by atoms with Gasteiger partial charge in [-0.15, -0.1) is 0 Å². The molecule has 1 saturated heterocycles. The fourth-order valence-corrected chi connectivity index (χ4v) is 5.74. The highest BCUT2D eigenvalue weighted by Crippen LogP contribution is 2.50. The number of benzene rings is 1. The molecule has 1 atom stereocenters. The van der Waals surface area contributed by atoms with E-state index in [4.69, 9.17) is 4.74 Å². The highest BCUT2D eigenvalue weighted by Gasteiger charge is 2.47. The molecule has 1 unspecified atom stereocenters. The summed E-state index contributed by atoms with van der Waals surface area (Å²) in [4.78, 5) is 0.534. The van der Waals surface area contributed by atoms with Gasteiger partial charge in [-0.1, -0.05) is 18.2 Å². The van der Waals surface area contributed by atoms with E-state index in [9.17, 15) is 8.42 Å². The van der Waals surface area contributed by atoms with Gasteiger partial charge in [-0.2, -0.15) is 0 Å². The van der Waals surface area contributed by atoms with Crippen LogP contribution in [0.1, 0.15) is 24.3 Å². The van der Waals surface area contributed by atoms with Gasteiger partial charge in [0, 0.05) is 25.7 Å². The van der Waals surface area contributed by atoms with Crippen molar-refractivity contribution in [3.8, 4) is 0 Å². The lowest BCUT2D eigenvalue weighted by molar-refractivity contribution is 0.00458. The minimum absolute atomic E-state index is 0.00727. The monoisotopic (exact) mass is 295 g/mol. The van der Waals surface area contributed by atoms with Crippen molar-refractivity contribution >= 4 is 9.84 Å². The lowest BCUT2D eigenvalue weighted by Crippen LogP contribution is -2.43. The Hall–Kier alpha value is -0.910. The predicted molar refractivity (Wildman–Crippen MR) is 77.6 cm³/mol. The van der Waals surface area contributed by atoms with E-state index >= 15 is 0 Å². The second-order valence-electron chi connectivity index (χ2n) is 5.88. The molecule has 0 spiro atoms. The number of nitrogens with one attached hydrogen (secondary N) is 1. The first-order valence-corrected chi connectivity index (χ1v) is 8.78. The summed E-state index contributed by atoms with van der Waals surface area (Å²) in [6.07, 6.45) is 1.84. The molecule has 0 amide bonds. The molecule has 3 rings (SSSR count). The van der Waals surface area contributed by atoms with E-state index in [1.807, 2.05) is 25.2 Å². The maximum absolute atomic E-state index is 12.4. The summed E-state index contributed by atoms with van der Waals surface area (Å²) in [5, 5.41) is 3.26. The fourth-order valence-electron chi connectivity index (χ4n) is 3.74. The number of ether oxygens (including phenoxy) is 1. The maximum atomic E-state index is 12.4. The second-order valence-corrected chi connectivity index (χ2v) is 7.88. The summed E-state index contributed by atoms with van der Waals surface area (Å²) in [6, 6.07) is 7.49. The molecule has 1 fully saturated rings. The quantitative estimate of drug-likeness (QED) is 0.920. The van der Waals surface area contributed by atoms with Gasteiger partial charge in [0.2, 0.25) is 0 Å². The first kappa shape index (κ1) is 14.0. The van der Waals surface area contributed by atoms with E-state index in [-0.39, 0.29) is 17.1 Å². The Labute approximate surface area is 120 Å². The molecule has 1 N–H and O–H groups in total. The van der Waals surface area contributed by atoms with Crippen molar-refractivity contribution in [3.63, 3.8) is 0 Å². The standard InChI is InChI=1S/C15H21NO3S/c1-16-11-15(6-8-19-9-7-15)13-10-20(17,18)14-5-3-2-4-12(13)14/h2-5,13,16H,6-11H2,1H3. The summed E-state index contributed by atoms with van der Waals surface area (Å²) >= 11 is 0. The molecule has 20 heavy (non-hydrogen) atoms. The highest BCUT2D eigenvalue weighted by atomic mass is 32.2. The van der Waals surface area contributed by atoms with Crippen LogP contribution in [0.2, 0.25) is 0 Å². The zero-order chi connectivity index (χ0) is 14.2. The first-order chi connectivity index (χ1) is 9.59. The van der Waals surface area contributed by atoms with E-state index in [0.29, 0.717) is 4.90 Å². The van der Waals surface area contributed by atoms with Crippen LogP contribution in [0, 0.1) is 5.41 Å². The van der Waals surface area contributed by atoms with Crippen LogP contribution in [0.3, 0.4) is 0 Å². The molecule has 110 valence electrons. The minimum Gasteiger partial charge on any atom is -0.381 e. The van der Waals surface area contributed by atoms with Crippen LogP contribution in [0.25, 0.3) is 0 Å². The molecule has 0 bridgehead atoms. The lowest BCUT2D eigenvalue weighted by atomic mass is 9.68. The Bertz CT molecular complexity index is 585. The average molecular weight is 295 g/mol. The largest absolute Gasteiger partial charge is 0.381 e. The minimum atomic E-state index is -3.13. The van der Waals surface area contributed by atoms with Crippen LogP contribution in [-0.2, 0) is 14.6 Å². The number of hydrogen-bond acceptors (Lipinski definition) is 4. The van der Waals surface area contributed by atoms with E-state index in [0.717, 1.165) is 38.2 Å². The maximum Gasteiger partial charge on any atom is 0.179 e. The van der Waals surface area contributed by atoms with Crippen LogP contribution < -0.4 is 5.32 Å². The van der Waals surface area contributed by atoms with Gasteiger partial charge >= 0.3 is 0 Å². The van der Waals surface area contributed by atoms with Crippen molar-refractivity contribution in [1.82, 2.24) is 5.32 Å². The van der Waals surface area contributed by atoms with Gasteiger partial charge in [0.1, 0.15) is 0 Å². The number of fused-ring (bicyclic) bond motifs is 1. The Balaban J connectivity index is 2.05. The third kappa shape index (κ3) is 2.18. The van der Waals surface area contributed by atoms with Crippen molar-refractivity contribution in [3.05, 3.63) is 29.8 Å². The third-order valence-corrected chi connectivity index (χ3v) is 6.59. The Morgan fingerprint density at radius 3 is 2.70 bits per heavy atom. The summed E-state index contributed by atoms with van der Waals surface area (Å²) < 4.78 is 30.3. The van der Waals surface area contributed by atoms with Crippen LogP contribution >= 0.6 is 0 Å². The molecule has 0 aromatic heterocycles. The smallest absolute Gasteiger partial charge is 0.179 e. The zero-order valence-corrected chi connectivity index (χ0v) is 12.6. The van der Waals surface area contributed by atoms with E-state index in [2.05, 4.69) is 5.32 Å². The number of sulfone groups is 1. The third-order valence-electron chi connectivity index (χ3n) is 4.77. The van der Waals surface area contributed by atoms with Crippen molar-refractivity contribution in [2.45, 2.75) is 23.7 Å². The summed E-state index contributed by atoms with van der Waals surface area (Å²) in [5.74, 6) is 0.327. The molecule has 0 radical (unpaired) electrons. The molecule has 1 aromatic rings. The normalized spacial score (nSPS) is 27.1. The van der Waals surface area contributed by atoms with Gasteiger partial charge in [-0.05, 0) is 36.9 Å². The molecule has 5 heteroatoms. The van der Waals surface area contributed by atoms with Crippen LogP contribution in [-0.4, -0.2) is 41.0 Å². The zero-order valence-electron chi connectivity index (χ0n) is 11.8. The first-order valence-electron chi connectivity index (χ1n) is 7.13. The summed E-state index contributed by atoms with van der Waals surface area (Å²) in [7, 11) is -1.19. The van der Waals surface area contributed by atoms with Gasteiger partial charge in [0.15, 0.2) is 9.84 Å². The van der Waals surface area contributed by atoms with E-state index < -0.39 is 9.84 Å². The highest BCUT2D eigenvalue weighted by molar-refractivity contribution is 7.91. The van der Waals surface area contributed by atoms with Gasteiger partial charge < -0.3 is 10.1 Å². The summed E-state index contributed by atoms with van der Waals surface area (Å²) in [5.41, 5.74) is 0.997. The molecule has 4 nitrogen and oxygen atoms in total.